The van der Waals surface area contributed by atoms with Gasteiger partial charge in [0.05, 0.1) is 6.04 Å². The fraction of sp³-hybridized carbons (Fsp3) is 0.778. The molecule has 0 aromatic carbocycles. The zero-order valence-electron chi connectivity index (χ0n) is 7.78. The number of halogens is 1. The Labute approximate surface area is 92.1 Å². The van der Waals surface area contributed by atoms with Crippen molar-refractivity contribution in [3.63, 3.8) is 0 Å². The zero-order valence-corrected chi connectivity index (χ0v) is 9.94. The Bertz CT molecular complexity index is 276. The summed E-state index contributed by atoms with van der Waals surface area (Å²) in [4.78, 5) is 4.15. The normalized spacial score (nSPS) is 29.1. The van der Waals surface area contributed by atoms with E-state index in [0.29, 0.717) is 6.04 Å². The van der Waals surface area contributed by atoms with Crippen molar-refractivity contribution in [1.29, 1.82) is 0 Å². The highest BCUT2D eigenvalue weighted by molar-refractivity contribution is 14.1. The van der Waals surface area contributed by atoms with Gasteiger partial charge in [0, 0.05) is 22.6 Å². The molecule has 1 aliphatic carbocycles. The summed E-state index contributed by atoms with van der Waals surface area (Å²) in [6.45, 7) is 2.33. The Hall–Kier alpha value is -0.130. The summed E-state index contributed by atoms with van der Waals surface area (Å²) in [5.41, 5.74) is 0. The zero-order chi connectivity index (χ0) is 9.26. The minimum atomic E-state index is 0.604. The van der Waals surface area contributed by atoms with Gasteiger partial charge in [0.2, 0.25) is 3.83 Å². The van der Waals surface area contributed by atoms with Crippen LogP contribution < -0.4 is 0 Å². The molecule has 1 aliphatic rings. The Morgan fingerprint density at radius 2 is 2.08 bits per heavy atom. The summed E-state index contributed by atoms with van der Waals surface area (Å²) in [7, 11) is 0. The minimum absolute atomic E-state index is 0.604. The first-order valence-electron chi connectivity index (χ1n) is 4.82. The molecule has 0 bridgehead atoms. The number of hydrogen-bond acceptors (Lipinski definition) is 2. The second kappa shape index (κ2) is 3.94. The van der Waals surface area contributed by atoms with Gasteiger partial charge in [0.15, 0.2) is 0 Å². The van der Waals surface area contributed by atoms with Crippen LogP contribution in [0.15, 0.2) is 6.33 Å². The third-order valence-corrected chi connectivity index (χ3v) is 3.33. The molecule has 72 valence electrons. The van der Waals surface area contributed by atoms with Gasteiger partial charge in [-0.3, -0.25) is 0 Å². The topological polar surface area (TPSA) is 30.7 Å². The second-order valence-corrected chi connectivity index (χ2v) is 4.87. The van der Waals surface area contributed by atoms with Crippen LogP contribution in [0.5, 0.6) is 0 Å². The summed E-state index contributed by atoms with van der Waals surface area (Å²) in [6, 6.07) is 0.604. The summed E-state index contributed by atoms with van der Waals surface area (Å²) in [5.74, 6) is 0.902. The lowest BCUT2D eigenvalue weighted by molar-refractivity contribution is 0.273. The molecule has 1 aromatic heterocycles. The Kier molecular flexibility index (Phi) is 2.86. The van der Waals surface area contributed by atoms with E-state index in [9.17, 15) is 0 Å². The third-order valence-electron chi connectivity index (χ3n) is 2.84. The van der Waals surface area contributed by atoms with Crippen molar-refractivity contribution in [3.05, 3.63) is 10.2 Å². The van der Waals surface area contributed by atoms with E-state index >= 15 is 0 Å². The highest BCUT2D eigenvalue weighted by atomic mass is 127. The first-order valence-corrected chi connectivity index (χ1v) is 5.90. The van der Waals surface area contributed by atoms with Gasteiger partial charge < -0.3 is 0 Å². The molecule has 4 heteroatoms. The molecule has 0 spiro atoms. The van der Waals surface area contributed by atoms with E-state index in [4.69, 9.17) is 0 Å². The molecule has 0 atom stereocenters. The molecule has 0 N–H and O–H groups in total. The Balaban J connectivity index is 2.02. The first kappa shape index (κ1) is 9.43. The molecule has 0 unspecified atom stereocenters. The van der Waals surface area contributed by atoms with Crippen LogP contribution in [-0.2, 0) is 0 Å². The van der Waals surface area contributed by atoms with Crippen molar-refractivity contribution in [2.45, 2.75) is 38.6 Å². The van der Waals surface area contributed by atoms with Gasteiger partial charge in [0.1, 0.15) is 6.33 Å². The SMILES string of the molecule is CC1CCC(n2cnc(I)n2)CC1. The van der Waals surface area contributed by atoms with E-state index < -0.39 is 0 Å². The molecule has 0 amide bonds. The maximum absolute atomic E-state index is 4.35. The van der Waals surface area contributed by atoms with Crippen molar-refractivity contribution in [1.82, 2.24) is 14.8 Å². The molecule has 1 fully saturated rings. The lowest BCUT2D eigenvalue weighted by atomic mass is 9.87. The molecule has 3 nitrogen and oxygen atoms in total. The minimum Gasteiger partial charge on any atom is -0.249 e. The molecule has 1 aromatic rings. The van der Waals surface area contributed by atoms with Crippen LogP contribution in [0.25, 0.3) is 0 Å². The van der Waals surface area contributed by atoms with E-state index in [1.807, 2.05) is 11.0 Å². The smallest absolute Gasteiger partial charge is 0.211 e. The average molecular weight is 291 g/mol. The molecular formula is C9H14IN3. The van der Waals surface area contributed by atoms with E-state index in [1.165, 1.54) is 25.7 Å². The predicted octanol–water partition coefficient (Wildman–Crippen LogP) is 2.63. The van der Waals surface area contributed by atoms with Crippen LogP contribution in [0.4, 0.5) is 0 Å². The highest BCUT2D eigenvalue weighted by Crippen LogP contribution is 2.30. The van der Waals surface area contributed by atoms with Gasteiger partial charge in [-0.1, -0.05) is 6.92 Å². The number of hydrogen-bond donors (Lipinski definition) is 0. The second-order valence-electron chi connectivity index (χ2n) is 3.91. The maximum Gasteiger partial charge on any atom is 0.211 e. The van der Waals surface area contributed by atoms with E-state index in [1.54, 1.807) is 0 Å². The van der Waals surface area contributed by atoms with Crippen molar-refractivity contribution < 1.29 is 0 Å². The van der Waals surface area contributed by atoms with Gasteiger partial charge in [-0.05, 0) is 31.6 Å². The molecule has 2 rings (SSSR count). The first-order chi connectivity index (χ1) is 6.25. The monoisotopic (exact) mass is 291 g/mol. The van der Waals surface area contributed by atoms with Crippen molar-refractivity contribution >= 4 is 22.6 Å². The van der Waals surface area contributed by atoms with Gasteiger partial charge in [-0.25, -0.2) is 9.67 Å². The van der Waals surface area contributed by atoms with Crippen molar-refractivity contribution in [2.75, 3.05) is 0 Å². The lowest BCUT2D eigenvalue weighted by Crippen LogP contribution is -2.17. The van der Waals surface area contributed by atoms with Crippen LogP contribution >= 0.6 is 22.6 Å². The standard InChI is InChI=1S/C9H14IN3/c1-7-2-4-8(5-3-7)13-6-11-9(10)12-13/h6-8H,2-5H2,1H3. The Morgan fingerprint density at radius 3 is 2.62 bits per heavy atom. The quantitative estimate of drug-likeness (QED) is 0.745. The molecule has 0 aliphatic heterocycles. The van der Waals surface area contributed by atoms with Gasteiger partial charge in [-0.15, -0.1) is 5.10 Å². The third kappa shape index (κ3) is 2.21. The van der Waals surface area contributed by atoms with Crippen molar-refractivity contribution in [3.8, 4) is 0 Å². The molecular weight excluding hydrogens is 277 g/mol. The summed E-state index contributed by atoms with van der Waals surface area (Å²) in [5, 5.41) is 4.35. The highest BCUT2D eigenvalue weighted by Gasteiger charge is 2.20. The summed E-state index contributed by atoms with van der Waals surface area (Å²) >= 11 is 2.16. The predicted molar refractivity (Wildman–Crippen MR) is 59.4 cm³/mol. The van der Waals surface area contributed by atoms with Crippen LogP contribution in [0.1, 0.15) is 38.6 Å². The van der Waals surface area contributed by atoms with Gasteiger partial charge >= 0.3 is 0 Å². The number of rotatable bonds is 1. The average Bonchev–Trinajstić information content (AvgIpc) is 2.53. The van der Waals surface area contributed by atoms with Gasteiger partial charge in [0.25, 0.3) is 0 Å². The lowest BCUT2D eigenvalue weighted by Gasteiger charge is -2.25. The Morgan fingerprint density at radius 1 is 1.38 bits per heavy atom. The van der Waals surface area contributed by atoms with E-state index in [0.717, 1.165) is 9.75 Å². The van der Waals surface area contributed by atoms with Gasteiger partial charge in [-0.2, -0.15) is 0 Å². The summed E-state index contributed by atoms with van der Waals surface area (Å²) in [6.07, 6.45) is 7.06. The van der Waals surface area contributed by atoms with Crippen molar-refractivity contribution in [2.24, 2.45) is 5.92 Å². The number of nitrogens with zero attached hydrogens (tertiary/aromatic N) is 3. The van der Waals surface area contributed by atoms with E-state index in [2.05, 4.69) is 39.6 Å². The molecule has 13 heavy (non-hydrogen) atoms. The van der Waals surface area contributed by atoms with Crippen LogP contribution in [-0.4, -0.2) is 14.8 Å². The maximum atomic E-state index is 4.35. The number of aromatic nitrogens is 3. The fourth-order valence-electron chi connectivity index (χ4n) is 1.94. The van der Waals surface area contributed by atoms with Crippen LogP contribution in [0.2, 0.25) is 0 Å². The largest absolute Gasteiger partial charge is 0.249 e. The molecule has 0 radical (unpaired) electrons. The molecule has 0 saturated heterocycles. The molecule has 1 heterocycles. The summed E-state index contributed by atoms with van der Waals surface area (Å²) < 4.78 is 2.89. The van der Waals surface area contributed by atoms with Crippen LogP contribution in [0, 0.1) is 9.75 Å². The fourth-order valence-corrected chi connectivity index (χ4v) is 2.31. The van der Waals surface area contributed by atoms with E-state index in [-0.39, 0.29) is 0 Å². The molecule has 1 saturated carbocycles. The van der Waals surface area contributed by atoms with Crippen LogP contribution in [0.3, 0.4) is 0 Å².